The van der Waals surface area contributed by atoms with Gasteiger partial charge in [0.05, 0.1) is 29.6 Å². The van der Waals surface area contributed by atoms with E-state index in [1.807, 2.05) is 73.6 Å². The summed E-state index contributed by atoms with van der Waals surface area (Å²) in [5.41, 5.74) is 3.77. The minimum absolute atomic E-state index is 0.00257. The van der Waals surface area contributed by atoms with Gasteiger partial charge in [0.2, 0.25) is 0 Å². The van der Waals surface area contributed by atoms with Crippen molar-refractivity contribution in [3.05, 3.63) is 64.7 Å². The van der Waals surface area contributed by atoms with Gasteiger partial charge in [0.1, 0.15) is 5.15 Å². The van der Waals surface area contributed by atoms with Gasteiger partial charge in [-0.1, -0.05) is 49.7 Å². The van der Waals surface area contributed by atoms with Gasteiger partial charge in [0.15, 0.2) is 5.82 Å². The Morgan fingerprint density at radius 2 is 1.83 bits per heavy atom. The molecule has 0 N–H and O–H groups in total. The highest BCUT2D eigenvalue weighted by Gasteiger charge is 2.36. The van der Waals surface area contributed by atoms with Crippen molar-refractivity contribution >= 4 is 23.0 Å². The molecule has 4 rings (SSSR count). The summed E-state index contributed by atoms with van der Waals surface area (Å²) in [6.45, 7) is 16.0. The second kappa shape index (κ2) is 8.75. The standard InChI is InChI=1S/C26H31ClN6O2/c1-15-13-17(21-19-11-12-28-32(19)14-20(27)29-21)9-10-18(15)16(2)33(26(6,7)8)23(34)22-30-24(31-35-22)25(3,4)5/h9-14,16H,1-8H3/t16-/m1/s1. The molecule has 1 atom stereocenters. The Hall–Kier alpha value is -3.26. The first-order valence-electron chi connectivity index (χ1n) is 11.6. The van der Waals surface area contributed by atoms with Gasteiger partial charge in [0, 0.05) is 16.5 Å². The number of hydrogen-bond acceptors (Lipinski definition) is 6. The summed E-state index contributed by atoms with van der Waals surface area (Å²) < 4.78 is 7.10. The van der Waals surface area contributed by atoms with Crippen LogP contribution in [0, 0.1) is 6.92 Å². The van der Waals surface area contributed by atoms with Crippen LogP contribution in [0.2, 0.25) is 5.15 Å². The number of nitrogens with zero attached hydrogens (tertiary/aromatic N) is 6. The second-order valence-corrected chi connectivity index (χ2v) is 11.2. The Morgan fingerprint density at radius 3 is 2.43 bits per heavy atom. The minimum atomic E-state index is -0.490. The molecule has 0 radical (unpaired) electrons. The lowest BCUT2D eigenvalue weighted by atomic mass is 9.94. The highest BCUT2D eigenvalue weighted by atomic mass is 35.5. The Morgan fingerprint density at radius 1 is 1.11 bits per heavy atom. The number of carbonyl (C=O) groups is 1. The van der Waals surface area contributed by atoms with Crippen molar-refractivity contribution in [1.82, 2.24) is 29.6 Å². The highest BCUT2D eigenvalue weighted by Crippen LogP contribution is 2.34. The first-order chi connectivity index (χ1) is 16.3. The normalized spacial score (nSPS) is 13.3. The molecule has 0 aliphatic carbocycles. The molecule has 0 saturated carbocycles. The van der Waals surface area contributed by atoms with E-state index in [9.17, 15) is 4.79 Å². The molecule has 1 aromatic carbocycles. The van der Waals surface area contributed by atoms with Crippen LogP contribution < -0.4 is 0 Å². The quantitative estimate of drug-likeness (QED) is 0.343. The topological polar surface area (TPSA) is 89.4 Å². The maximum absolute atomic E-state index is 13.6. The molecule has 0 bridgehead atoms. The lowest BCUT2D eigenvalue weighted by Gasteiger charge is -2.40. The fourth-order valence-corrected chi connectivity index (χ4v) is 4.50. The van der Waals surface area contributed by atoms with Crippen LogP contribution in [-0.2, 0) is 5.41 Å². The van der Waals surface area contributed by atoms with Crippen LogP contribution in [-0.4, -0.2) is 41.1 Å². The van der Waals surface area contributed by atoms with E-state index in [4.69, 9.17) is 16.1 Å². The Bertz CT molecular complexity index is 1390. The van der Waals surface area contributed by atoms with E-state index >= 15 is 0 Å². The highest BCUT2D eigenvalue weighted by molar-refractivity contribution is 6.29. The van der Waals surface area contributed by atoms with Crippen LogP contribution >= 0.6 is 11.6 Å². The summed E-state index contributed by atoms with van der Waals surface area (Å²) in [5, 5.41) is 8.68. The number of rotatable bonds is 4. The summed E-state index contributed by atoms with van der Waals surface area (Å²) in [6, 6.07) is 7.75. The molecule has 0 saturated heterocycles. The SMILES string of the molecule is Cc1cc(-c2nc(Cl)cn3nccc23)ccc1[C@@H](C)N(C(=O)c1nc(C(C)(C)C)no1)C(C)(C)C. The van der Waals surface area contributed by atoms with Gasteiger partial charge in [-0.15, -0.1) is 0 Å². The molecule has 0 aliphatic heterocycles. The summed E-state index contributed by atoms with van der Waals surface area (Å²) in [5.74, 6) is 0.203. The number of amides is 1. The lowest BCUT2D eigenvalue weighted by molar-refractivity contribution is 0.0410. The fourth-order valence-electron chi connectivity index (χ4n) is 4.32. The summed E-state index contributed by atoms with van der Waals surface area (Å²) in [6.07, 6.45) is 3.40. The molecule has 8 nitrogen and oxygen atoms in total. The number of hydrogen-bond donors (Lipinski definition) is 0. The number of aromatic nitrogens is 5. The molecule has 4 aromatic rings. The van der Waals surface area contributed by atoms with Gasteiger partial charge in [-0.2, -0.15) is 10.1 Å². The third kappa shape index (κ3) is 4.80. The average molecular weight is 495 g/mol. The first kappa shape index (κ1) is 24.9. The van der Waals surface area contributed by atoms with Crippen molar-refractivity contribution in [1.29, 1.82) is 0 Å². The molecule has 0 aliphatic rings. The van der Waals surface area contributed by atoms with E-state index in [1.54, 1.807) is 21.8 Å². The number of benzene rings is 1. The van der Waals surface area contributed by atoms with Crippen molar-refractivity contribution in [3.8, 4) is 11.3 Å². The second-order valence-electron chi connectivity index (χ2n) is 10.8. The molecule has 0 fully saturated rings. The van der Waals surface area contributed by atoms with Crippen LogP contribution in [0.5, 0.6) is 0 Å². The zero-order valence-electron chi connectivity index (χ0n) is 21.4. The molecule has 184 valence electrons. The summed E-state index contributed by atoms with van der Waals surface area (Å²) >= 11 is 6.23. The third-order valence-electron chi connectivity index (χ3n) is 5.96. The van der Waals surface area contributed by atoms with Gasteiger partial charge in [-0.3, -0.25) is 4.79 Å². The first-order valence-corrected chi connectivity index (χ1v) is 11.9. The average Bonchev–Trinajstić information content (AvgIpc) is 3.41. The van der Waals surface area contributed by atoms with Crippen molar-refractivity contribution in [2.24, 2.45) is 0 Å². The molecule has 3 heterocycles. The van der Waals surface area contributed by atoms with Gasteiger partial charge in [-0.25, -0.2) is 9.50 Å². The number of fused-ring (bicyclic) bond motifs is 1. The largest absolute Gasteiger partial charge is 0.329 e. The number of halogens is 1. The predicted molar refractivity (Wildman–Crippen MR) is 136 cm³/mol. The Labute approximate surface area is 210 Å². The lowest BCUT2D eigenvalue weighted by Crippen LogP contribution is -2.47. The maximum Gasteiger partial charge on any atom is 0.316 e. The zero-order chi connectivity index (χ0) is 25.7. The third-order valence-corrected chi connectivity index (χ3v) is 6.14. The maximum atomic E-state index is 13.6. The van der Waals surface area contributed by atoms with E-state index in [0.29, 0.717) is 11.0 Å². The summed E-state index contributed by atoms with van der Waals surface area (Å²) in [7, 11) is 0. The number of carbonyl (C=O) groups excluding carboxylic acids is 1. The fraction of sp³-hybridized carbons (Fsp3) is 0.423. The smallest absolute Gasteiger partial charge is 0.316 e. The Kier molecular flexibility index (Phi) is 6.21. The van der Waals surface area contributed by atoms with Gasteiger partial charge < -0.3 is 9.42 Å². The van der Waals surface area contributed by atoms with Crippen LogP contribution in [0.4, 0.5) is 0 Å². The van der Waals surface area contributed by atoms with E-state index < -0.39 is 5.54 Å². The van der Waals surface area contributed by atoms with Gasteiger partial charge in [-0.05, 0) is 57.9 Å². The van der Waals surface area contributed by atoms with Gasteiger partial charge >= 0.3 is 11.8 Å². The summed E-state index contributed by atoms with van der Waals surface area (Å²) in [4.78, 5) is 24.3. The minimum Gasteiger partial charge on any atom is -0.329 e. The van der Waals surface area contributed by atoms with Crippen LogP contribution in [0.1, 0.15) is 82.1 Å². The van der Waals surface area contributed by atoms with E-state index in [1.165, 1.54) is 0 Å². The van der Waals surface area contributed by atoms with Crippen molar-refractivity contribution in [2.75, 3.05) is 0 Å². The van der Waals surface area contributed by atoms with E-state index in [2.05, 4.69) is 26.3 Å². The van der Waals surface area contributed by atoms with Crippen molar-refractivity contribution in [3.63, 3.8) is 0 Å². The van der Waals surface area contributed by atoms with Crippen LogP contribution in [0.25, 0.3) is 16.8 Å². The zero-order valence-corrected chi connectivity index (χ0v) is 22.2. The van der Waals surface area contributed by atoms with Crippen LogP contribution in [0.3, 0.4) is 0 Å². The molecular weight excluding hydrogens is 464 g/mol. The van der Waals surface area contributed by atoms with Gasteiger partial charge in [0.25, 0.3) is 0 Å². The molecule has 0 spiro atoms. The predicted octanol–water partition coefficient (Wildman–Crippen LogP) is 6.04. The van der Waals surface area contributed by atoms with Crippen LogP contribution in [0.15, 0.2) is 41.2 Å². The molecule has 1 amide bonds. The monoisotopic (exact) mass is 494 g/mol. The van der Waals surface area contributed by atoms with E-state index in [0.717, 1.165) is 27.9 Å². The van der Waals surface area contributed by atoms with Crippen molar-refractivity contribution in [2.45, 2.75) is 72.4 Å². The number of aryl methyl sites for hydroxylation is 1. The molecular formula is C26H31ClN6O2. The van der Waals surface area contributed by atoms with E-state index in [-0.39, 0.29) is 23.3 Å². The van der Waals surface area contributed by atoms with Crippen molar-refractivity contribution < 1.29 is 9.32 Å². The Balaban J connectivity index is 1.71. The molecule has 0 unspecified atom stereocenters. The molecule has 35 heavy (non-hydrogen) atoms. The molecule has 3 aromatic heterocycles. The molecule has 9 heteroatoms.